The highest BCUT2D eigenvalue weighted by Crippen LogP contribution is 2.17. The van der Waals surface area contributed by atoms with Gasteiger partial charge in [0.1, 0.15) is 0 Å². The van der Waals surface area contributed by atoms with E-state index in [1.807, 2.05) is 0 Å². The maximum absolute atomic E-state index is 5.96. The van der Waals surface area contributed by atoms with Crippen molar-refractivity contribution in [2.75, 3.05) is 13.1 Å². The second kappa shape index (κ2) is 5.25. The molecule has 1 aromatic heterocycles. The van der Waals surface area contributed by atoms with Crippen molar-refractivity contribution >= 4 is 11.3 Å². The van der Waals surface area contributed by atoms with Crippen LogP contribution in [-0.2, 0) is 6.42 Å². The first-order valence-electron chi connectivity index (χ1n) is 6.06. The molecule has 1 aliphatic heterocycles. The largest absolute Gasteiger partial charge is 0.328 e. The number of likely N-dealkylation sites (tertiary alicyclic amines) is 1. The second-order valence-electron chi connectivity index (χ2n) is 4.78. The number of hydrogen-bond donors (Lipinski definition) is 1. The normalized spacial score (nSPS) is 27.2. The molecule has 0 aliphatic carbocycles. The van der Waals surface area contributed by atoms with E-state index >= 15 is 0 Å². The number of aryl methyl sites for hydroxylation is 1. The summed E-state index contributed by atoms with van der Waals surface area (Å²) >= 11 is 1.74. The Morgan fingerprint density at radius 3 is 3.06 bits per heavy atom. The van der Waals surface area contributed by atoms with Crippen LogP contribution < -0.4 is 5.73 Å². The van der Waals surface area contributed by atoms with E-state index < -0.39 is 0 Å². The lowest BCUT2D eigenvalue weighted by atomic mass is 9.99. The number of rotatable bonds is 3. The van der Waals surface area contributed by atoms with E-state index in [1.54, 1.807) is 11.3 Å². The minimum absolute atomic E-state index is 0.410. The molecule has 1 aromatic rings. The van der Waals surface area contributed by atoms with Crippen LogP contribution in [0.4, 0.5) is 0 Å². The Labute approximate surface area is 102 Å². The lowest BCUT2D eigenvalue weighted by Gasteiger charge is -2.36. The van der Waals surface area contributed by atoms with E-state index in [0.29, 0.717) is 12.1 Å². The minimum Gasteiger partial charge on any atom is -0.328 e. The number of thiazole rings is 1. The first-order chi connectivity index (χ1) is 7.65. The van der Waals surface area contributed by atoms with E-state index in [1.165, 1.54) is 10.7 Å². The Balaban J connectivity index is 1.81. The van der Waals surface area contributed by atoms with Gasteiger partial charge >= 0.3 is 0 Å². The maximum atomic E-state index is 5.96. The Hall–Kier alpha value is -0.450. The molecule has 0 amide bonds. The molecule has 0 aromatic carbocycles. The highest BCUT2D eigenvalue weighted by molar-refractivity contribution is 7.09. The van der Waals surface area contributed by atoms with Crippen molar-refractivity contribution in [3.63, 3.8) is 0 Å². The van der Waals surface area contributed by atoms with Crippen LogP contribution in [0.2, 0.25) is 0 Å². The summed E-state index contributed by atoms with van der Waals surface area (Å²) in [6.45, 7) is 6.62. The van der Waals surface area contributed by atoms with Crippen LogP contribution in [-0.4, -0.2) is 35.1 Å². The van der Waals surface area contributed by atoms with Crippen LogP contribution in [0.5, 0.6) is 0 Å². The molecular formula is C12H21N3S. The lowest BCUT2D eigenvalue weighted by Crippen LogP contribution is -2.46. The Morgan fingerprint density at radius 2 is 2.44 bits per heavy atom. The molecule has 2 rings (SSSR count). The molecule has 90 valence electrons. The Bertz CT molecular complexity index is 337. The Kier molecular flexibility index (Phi) is 3.95. The summed E-state index contributed by atoms with van der Waals surface area (Å²) in [6.07, 6.45) is 3.35. The Morgan fingerprint density at radius 1 is 1.62 bits per heavy atom. The zero-order valence-corrected chi connectivity index (χ0v) is 11.0. The summed E-state index contributed by atoms with van der Waals surface area (Å²) in [6, 6.07) is 1.04. The molecule has 4 heteroatoms. The van der Waals surface area contributed by atoms with Crippen molar-refractivity contribution in [3.8, 4) is 0 Å². The maximum Gasteiger partial charge on any atom is 0.0897 e. The van der Waals surface area contributed by atoms with Gasteiger partial charge in [0.25, 0.3) is 0 Å². The fraction of sp³-hybridized carbons (Fsp3) is 0.750. The molecule has 1 aliphatic rings. The van der Waals surface area contributed by atoms with Crippen LogP contribution in [0.15, 0.2) is 5.38 Å². The average molecular weight is 239 g/mol. The van der Waals surface area contributed by atoms with Gasteiger partial charge in [-0.1, -0.05) is 0 Å². The predicted molar refractivity (Wildman–Crippen MR) is 68.8 cm³/mol. The number of aromatic nitrogens is 1. The third kappa shape index (κ3) is 3.03. The van der Waals surface area contributed by atoms with E-state index in [2.05, 4.69) is 29.1 Å². The third-order valence-corrected chi connectivity index (χ3v) is 4.20. The highest BCUT2D eigenvalue weighted by atomic mass is 32.1. The van der Waals surface area contributed by atoms with Gasteiger partial charge in [0.15, 0.2) is 0 Å². The van der Waals surface area contributed by atoms with Gasteiger partial charge < -0.3 is 10.6 Å². The summed E-state index contributed by atoms with van der Waals surface area (Å²) in [5.74, 6) is 0. The van der Waals surface area contributed by atoms with Crippen LogP contribution >= 0.6 is 11.3 Å². The highest BCUT2D eigenvalue weighted by Gasteiger charge is 2.22. The molecule has 2 unspecified atom stereocenters. The molecule has 1 saturated heterocycles. The molecule has 2 atom stereocenters. The van der Waals surface area contributed by atoms with E-state index in [4.69, 9.17) is 5.73 Å². The molecule has 0 spiro atoms. The average Bonchev–Trinajstić information content (AvgIpc) is 2.63. The molecular weight excluding hydrogens is 218 g/mol. The molecule has 0 saturated carbocycles. The second-order valence-corrected chi connectivity index (χ2v) is 5.84. The summed E-state index contributed by atoms with van der Waals surface area (Å²) < 4.78 is 0. The number of hydrogen-bond acceptors (Lipinski definition) is 4. The first-order valence-corrected chi connectivity index (χ1v) is 6.94. The summed E-state index contributed by atoms with van der Waals surface area (Å²) in [4.78, 5) is 7.04. The van der Waals surface area contributed by atoms with Crippen molar-refractivity contribution in [1.82, 2.24) is 9.88 Å². The molecule has 0 bridgehead atoms. The smallest absolute Gasteiger partial charge is 0.0897 e. The van der Waals surface area contributed by atoms with Crippen LogP contribution in [0.3, 0.4) is 0 Å². The standard InChI is InChI=1S/C12H21N3S/c1-9-7-11(13)3-5-15(9)6-4-12-8-16-10(2)14-12/h8-9,11H,3-7,13H2,1-2H3. The number of nitrogens with zero attached hydrogens (tertiary/aromatic N) is 2. The van der Waals surface area contributed by atoms with Gasteiger partial charge in [0.2, 0.25) is 0 Å². The quantitative estimate of drug-likeness (QED) is 0.874. The van der Waals surface area contributed by atoms with Crippen LogP contribution in [0.25, 0.3) is 0 Å². The van der Waals surface area contributed by atoms with Gasteiger partial charge in [-0.15, -0.1) is 11.3 Å². The topological polar surface area (TPSA) is 42.2 Å². The summed E-state index contributed by atoms with van der Waals surface area (Å²) in [5, 5.41) is 3.35. The molecule has 1 fully saturated rings. The molecule has 0 radical (unpaired) electrons. The minimum atomic E-state index is 0.410. The van der Waals surface area contributed by atoms with E-state index in [0.717, 1.165) is 32.4 Å². The van der Waals surface area contributed by atoms with E-state index in [9.17, 15) is 0 Å². The van der Waals surface area contributed by atoms with Crippen molar-refractivity contribution in [3.05, 3.63) is 16.1 Å². The van der Waals surface area contributed by atoms with Crippen molar-refractivity contribution in [2.45, 2.75) is 45.2 Å². The fourth-order valence-electron chi connectivity index (χ4n) is 2.37. The molecule has 2 N–H and O–H groups in total. The van der Waals surface area contributed by atoms with Gasteiger partial charge in [-0.3, -0.25) is 0 Å². The first kappa shape index (κ1) is 12.0. The predicted octanol–water partition coefficient (Wildman–Crippen LogP) is 1.81. The molecule has 2 heterocycles. The van der Waals surface area contributed by atoms with E-state index in [-0.39, 0.29) is 0 Å². The zero-order valence-electron chi connectivity index (χ0n) is 10.1. The van der Waals surface area contributed by atoms with Crippen molar-refractivity contribution in [1.29, 1.82) is 0 Å². The fourth-order valence-corrected chi connectivity index (χ4v) is 3.02. The van der Waals surface area contributed by atoms with Gasteiger partial charge in [-0.2, -0.15) is 0 Å². The SMILES string of the molecule is Cc1nc(CCN2CCC(N)CC2C)cs1. The zero-order chi connectivity index (χ0) is 11.5. The lowest BCUT2D eigenvalue weighted by molar-refractivity contribution is 0.149. The third-order valence-electron chi connectivity index (χ3n) is 3.38. The van der Waals surface area contributed by atoms with Gasteiger partial charge in [0.05, 0.1) is 10.7 Å². The monoisotopic (exact) mass is 239 g/mol. The molecule has 16 heavy (non-hydrogen) atoms. The molecule has 3 nitrogen and oxygen atoms in total. The van der Waals surface area contributed by atoms with Crippen molar-refractivity contribution < 1.29 is 0 Å². The number of nitrogens with two attached hydrogens (primary N) is 1. The number of piperidine rings is 1. The van der Waals surface area contributed by atoms with Gasteiger partial charge in [-0.25, -0.2) is 4.98 Å². The summed E-state index contributed by atoms with van der Waals surface area (Å²) in [7, 11) is 0. The van der Waals surface area contributed by atoms with Gasteiger partial charge in [-0.05, 0) is 33.2 Å². The van der Waals surface area contributed by atoms with Gasteiger partial charge in [0, 0.05) is 30.4 Å². The van der Waals surface area contributed by atoms with Crippen LogP contribution in [0.1, 0.15) is 30.5 Å². The summed E-state index contributed by atoms with van der Waals surface area (Å²) in [5.41, 5.74) is 7.20. The van der Waals surface area contributed by atoms with Crippen molar-refractivity contribution in [2.24, 2.45) is 5.73 Å². The van der Waals surface area contributed by atoms with Crippen LogP contribution in [0, 0.1) is 6.92 Å².